The molecule has 0 atom stereocenters. The van der Waals surface area contributed by atoms with Crippen molar-refractivity contribution in [1.29, 1.82) is 0 Å². The number of rotatable bonds is 2. The van der Waals surface area contributed by atoms with E-state index in [4.69, 9.17) is 0 Å². The predicted molar refractivity (Wildman–Crippen MR) is 39.7 cm³/mol. The zero-order valence-electron chi connectivity index (χ0n) is 7.18. The third kappa shape index (κ3) is 11.5. The van der Waals surface area contributed by atoms with Crippen LogP contribution in [0.2, 0.25) is 0 Å². The summed E-state index contributed by atoms with van der Waals surface area (Å²) in [6.07, 6.45) is 0. The van der Waals surface area contributed by atoms with Crippen molar-refractivity contribution in [2.45, 2.75) is 13.8 Å². The standard InChI is InChI=1S/C7H18N.H2O/c1-7(2)6-8(3,4)5;/h7H,6H2,1-5H3;1H2/q+1;/p-1. The molecule has 0 saturated heterocycles. The fourth-order valence-electron chi connectivity index (χ4n) is 1.10. The van der Waals surface area contributed by atoms with E-state index in [1.54, 1.807) is 0 Å². The maximum atomic E-state index is 2.25. The molecular formula is C7H19NO. The summed E-state index contributed by atoms with van der Waals surface area (Å²) < 4.78 is 1.08. The lowest BCUT2D eigenvalue weighted by Gasteiger charge is -2.25. The molecule has 0 aliphatic heterocycles. The minimum atomic E-state index is 0. The predicted octanol–water partition coefficient (Wildman–Crippen LogP) is 1.17. The van der Waals surface area contributed by atoms with Crippen molar-refractivity contribution in [2.24, 2.45) is 5.92 Å². The quantitative estimate of drug-likeness (QED) is 0.520. The average Bonchev–Trinajstić information content (AvgIpc) is 1.21. The highest BCUT2D eigenvalue weighted by Gasteiger charge is 2.08. The third-order valence-electron chi connectivity index (χ3n) is 0.913. The van der Waals surface area contributed by atoms with Gasteiger partial charge in [-0.1, -0.05) is 13.8 Å². The van der Waals surface area contributed by atoms with Gasteiger partial charge in [0.05, 0.1) is 27.7 Å². The molecule has 0 aromatic heterocycles. The van der Waals surface area contributed by atoms with Gasteiger partial charge in [0.15, 0.2) is 0 Å². The molecule has 1 N–H and O–H groups in total. The molecule has 2 heteroatoms. The van der Waals surface area contributed by atoms with Crippen LogP contribution in [0, 0.1) is 5.92 Å². The Bertz CT molecular complexity index is 63.8. The molecule has 9 heavy (non-hydrogen) atoms. The highest BCUT2D eigenvalue weighted by molar-refractivity contribution is 4.37. The van der Waals surface area contributed by atoms with Crippen LogP contribution in [0.25, 0.3) is 0 Å². The van der Waals surface area contributed by atoms with Gasteiger partial charge in [-0.2, -0.15) is 0 Å². The Hall–Kier alpha value is -0.0800. The van der Waals surface area contributed by atoms with Crippen molar-refractivity contribution < 1.29 is 9.96 Å². The van der Waals surface area contributed by atoms with Gasteiger partial charge in [-0.15, -0.1) is 0 Å². The first kappa shape index (κ1) is 11.7. The van der Waals surface area contributed by atoms with E-state index in [1.165, 1.54) is 6.54 Å². The van der Waals surface area contributed by atoms with Crippen LogP contribution in [0.1, 0.15) is 13.8 Å². The second-order valence-corrected chi connectivity index (χ2v) is 3.87. The summed E-state index contributed by atoms with van der Waals surface area (Å²) in [5.74, 6) is 0.815. The third-order valence-corrected chi connectivity index (χ3v) is 0.913. The average molecular weight is 133 g/mol. The molecule has 0 fully saturated rings. The lowest BCUT2D eigenvalue weighted by molar-refractivity contribution is -0.873. The molecule has 0 saturated carbocycles. The van der Waals surface area contributed by atoms with Crippen LogP contribution in [-0.4, -0.2) is 37.6 Å². The Balaban J connectivity index is 0. The molecule has 0 aromatic rings. The smallest absolute Gasteiger partial charge is 0.0803 e. The van der Waals surface area contributed by atoms with Crippen molar-refractivity contribution in [3.63, 3.8) is 0 Å². The van der Waals surface area contributed by atoms with Crippen LogP contribution in [0.4, 0.5) is 0 Å². The molecule has 0 aromatic carbocycles. The molecule has 0 heterocycles. The lowest BCUT2D eigenvalue weighted by Crippen LogP contribution is -2.37. The first-order valence-electron chi connectivity index (χ1n) is 3.22. The van der Waals surface area contributed by atoms with Crippen LogP contribution in [0.5, 0.6) is 0 Å². The number of hydrogen-bond donors (Lipinski definition) is 0. The van der Waals surface area contributed by atoms with Gasteiger partial charge in [0, 0.05) is 5.92 Å². The molecule has 2 nitrogen and oxygen atoms in total. The number of hydrogen-bond acceptors (Lipinski definition) is 1. The monoisotopic (exact) mass is 133 g/mol. The summed E-state index contributed by atoms with van der Waals surface area (Å²) in [6, 6.07) is 0. The van der Waals surface area contributed by atoms with Gasteiger partial charge in [-0.05, 0) is 0 Å². The topological polar surface area (TPSA) is 30.0 Å². The molecule has 0 rings (SSSR count). The van der Waals surface area contributed by atoms with Crippen LogP contribution in [0.15, 0.2) is 0 Å². The fourth-order valence-corrected chi connectivity index (χ4v) is 1.10. The van der Waals surface area contributed by atoms with Crippen LogP contribution < -0.4 is 0 Å². The van der Waals surface area contributed by atoms with E-state index >= 15 is 0 Å². The molecule has 0 amide bonds. The van der Waals surface area contributed by atoms with E-state index in [-0.39, 0.29) is 5.48 Å². The second-order valence-electron chi connectivity index (χ2n) is 3.87. The van der Waals surface area contributed by atoms with Crippen molar-refractivity contribution in [3.8, 4) is 0 Å². The van der Waals surface area contributed by atoms with Crippen molar-refractivity contribution in [3.05, 3.63) is 0 Å². The Morgan fingerprint density at radius 1 is 1.11 bits per heavy atom. The number of quaternary nitrogens is 1. The highest BCUT2D eigenvalue weighted by Crippen LogP contribution is 1.98. The lowest BCUT2D eigenvalue weighted by atomic mass is 10.2. The fraction of sp³-hybridized carbons (Fsp3) is 1.00. The molecule has 58 valence electrons. The van der Waals surface area contributed by atoms with E-state index in [0.29, 0.717) is 0 Å². The Kier molecular flexibility index (Phi) is 5.00. The maximum Gasteiger partial charge on any atom is 0.0803 e. The summed E-state index contributed by atoms with van der Waals surface area (Å²) >= 11 is 0. The SMILES string of the molecule is CC(C)C[N+](C)(C)C.[OH-]. The molecule has 0 spiro atoms. The molecule has 0 aliphatic carbocycles. The Morgan fingerprint density at radius 2 is 1.44 bits per heavy atom. The Morgan fingerprint density at radius 3 is 1.44 bits per heavy atom. The van der Waals surface area contributed by atoms with E-state index in [0.717, 1.165) is 10.4 Å². The van der Waals surface area contributed by atoms with Crippen LogP contribution in [0.3, 0.4) is 0 Å². The zero-order valence-corrected chi connectivity index (χ0v) is 7.18. The Labute approximate surface area is 58.4 Å². The van der Waals surface area contributed by atoms with Gasteiger partial charge < -0.3 is 9.96 Å². The van der Waals surface area contributed by atoms with Gasteiger partial charge in [-0.25, -0.2) is 0 Å². The summed E-state index contributed by atoms with van der Waals surface area (Å²) in [4.78, 5) is 0. The minimum Gasteiger partial charge on any atom is -0.870 e. The molecule has 0 bridgehead atoms. The van der Waals surface area contributed by atoms with Gasteiger partial charge in [-0.3, -0.25) is 0 Å². The van der Waals surface area contributed by atoms with Gasteiger partial charge in [0.25, 0.3) is 0 Å². The number of nitrogens with zero attached hydrogens (tertiary/aromatic N) is 1. The zero-order chi connectivity index (χ0) is 6.78. The van der Waals surface area contributed by atoms with Gasteiger partial charge in [0.1, 0.15) is 0 Å². The minimum absolute atomic E-state index is 0. The van der Waals surface area contributed by atoms with Gasteiger partial charge >= 0.3 is 0 Å². The normalized spacial score (nSPS) is 11.3. The van der Waals surface area contributed by atoms with E-state index in [2.05, 4.69) is 35.0 Å². The van der Waals surface area contributed by atoms with Crippen LogP contribution >= 0.6 is 0 Å². The van der Waals surface area contributed by atoms with Crippen molar-refractivity contribution in [2.75, 3.05) is 27.7 Å². The largest absolute Gasteiger partial charge is 0.870 e. The first-order valence-corrected chi connectivity index (χ1v) is 3.22. The van der Waals surface area contributed by atoms with E-state index in [1.807, 2.05) is 0 Å². The van der Waals surface area contributed by atoms with E-state index in [9.17, 15) is 0 Å². The van der Waals surface area contributed by atoms with E-state index < -0.39 is 0 Å². The highest BCUT2D eigenvalue weighted by atomic mass is 16.0. The molecule has 0 aliphatic rings. The second kappa shape index (κ2) is 3.85. The summed E-state index contributed by atoms with van der Waals surface area (Å²) in [5, 5.41) is 0. The summed E-state index contributed by atoms with van der Waals surface area (Å²) in [5.41, 5.74) is 0. The summed E-state index contributed by atoms with van der Waals surface area (Å²) in [6.45, 7) is 5.77. The maximum absolute atomic E-state index is 2.25. The van der Waals surface area contributed by atoms with Crippen LogP contribution in [-0.2, 0) is 0 Å². The molecule has 0 radical (unpaired) electrons. The first-order chi connectivity index (χ1) is 3.42. The molecule has 0 unspecified atom stereocenters. The van der Waals surface area contributed by atoms with Crippen molar-refractivity contribution >= 4 is 0 Å². The van der Waals surface area contributed by atoms with Gasteiger partial charge in [0.2, 0.25) is 0 Å². The van der Waals surface area contributed by atoms with Crippen molar-refractivity contribution in [1.82, 2.24) is 0 Å². The summed E-state index contributed by atoms with van der Waals surface area (Å²) in [7, 11) is 6.67. The molecular weight excluding hydrogens is 114 g/mol.